The van der Waals surface area contributed by atoms with E-state index in [0.29, 0.717) is 42.7 Å². The van der Waals surface area contributed by atoms with Gasteiger partial charge in [-0.3, -0.25) is 10.7 Å². The van der Waals surface area contributed by atoms with Crippen molar-refractivity contribution in [2.45, 2.75) is 24.7 Å². The van der Waals surface area contributed by atoms with Crippen molar-refractivity contribution in [2.24, 2.45) is 10.7 Å². The van der Waals surface area contributed by atoms with Crippen molar-refractivity contribution >= 4 is 27.1 Å². The van der Waals surface area contributed by atoms with Gasteiger partial charge in [-0.25, -0.2) is 22.1 Å². The molecule has 10 heteroatoms. The van der Waals surface area contributed by atoms with Crippen LogP contribution in [-0.2, 0) is 15.8 Å². The average Bonchev–Trinajstić information content (AvgIpc) is 2.68. The smallest absolute Gasteiger partial charge is 0.211 e. The zero-order chi connectivity index (χ0) is 20.6. The van der Waals surface area contributed by atoms with Crippen molar-refractivity contribution in [3.05, 3.63) is 53.7 Å². The molecule has 4 N–H and O–H groups in total. The van der Waals surface area contributed by atoms with E-state index in [1.165, 1.54) is 22.8 Å². The number of fused-ring (bicyclic) bond motifs is 1. The second-order valence-corrected chi connectivity index (χ2v) is 9.31. The molecule has 1 unspecified atom stereocenters. The number of aromatic nitrogens is 1. The van der Waals surface area contributed by atoms with Gasteiger partial charge >= 0.3 is 0 Å². The van der Waals surface area contributed by atoms with Crippen molar-refractivity contribution in [3.63, 3.8) is 0 Å². The molecule has 0 bridgehead atoms. The monoisotopic (exact) mass is 418 g/mol. The summed E-state index contributed by atoms with van der Waals surface area (Å²) >= 11 is 0. The fourth-order valence-corrected chi connectivity index (χ4v) is 4.63. The van der Waals surface area contributed by atoms with E-state index >= 15 is 0 Å². The molecule has 1 atom stereocenters. The van der Waals surface area contributed by atoms with Gasteiger partial charge in [-0.1, -0.05) is 12.1 Å². The molecule has 0 amide bonds. The Morgan fingerprint density at radius 1 is 1.31 bits per heavy atom. The zero-order valence-electron chi connectivity index (χ0n) is 16.0. The molecule has 2 aliphatic rings. The predicted octanol–water partition coefficient (Wildman–Crippen LogP) is 0.972. The summed E-state index contributed by atoms with van der Waals surface area (Å²) < 4.78 is 39.0. The molecule has 29 heavy (non-hydrogen) atoms. The Bertz CT molecular complexity index is 1100. The van der Waals surface area contributed by atoms with Crippen LogP contribution in [0.1, 0.15) is 18.4 Å². The van der Waals surface area contributed by atoms with Crippen LogP contribution in [0, 0.1) is 5.82 Å². The Hall–Kier alpha value is -2.56. The normalized spacial score (nSPS) is 23.6. The number of pyridine rings is 1. The summed E-state index contributed by atoms with van der Waals surface area (Å²) in [6, 6.07) is 6.56. The Balaban J connectivity index is 1.51. The molecule has 1 aromatic carbocycles. The van der Waals surface area contributed by atoms with Crippen LogP contribution in [0.4, 0.5) is 4.39 Å². The standard InChI is InChI=1S/C19H23FN6O2S/c1-29(27,28)26-11-7-13(8-12-26)24-17-6-10-23-19(21,25-17)15-5-9-22-18-14(15)3-2-4-16(18)20/h2-6,9-10,13,24-25H,7-8,11-12,21H2,1H3. The van der Waals surface area contributed by atoms with Crippen LogP contribution in [-0.4, -0.2) is 49.3 Å². The topological polar surface area (TPSA) is 113 Å². The molecule has 1 aromatic heterocycles. The highest BCUT2D eigenvalue weighted by Gasteiger charge is 2.32. The number of piperidine rings is 1. The number of sulfonamides is 1. The first-order valence-corrected chi connectivity index (χ1v) is 11.2. The molecule has 0 radical (unpaired) electrons. The number of halogens is 1. The number of benzene rings is 1. The van der Waals surface area contributed by atoms with Gasteiger partial charge < -0.3 is 10.6 Å². The van der Waals surface area contributed by atoms with E-state index in [0.717, 1.165) is 0 Å². The van der Waals surface area contributed by atoms with Crippen LogP contribution in [0.2, 0.25) is 0 Å². The zero-order valence-corrected chi connectivity index (χ0v) is 16.8. The molecular formula is C19H23FN6O2S. The van der Waals surface area contributed by atoms with Gasteiger partial charge in [0.2, 0.25) is 15.8 Å². The lowest BCUT2D eigenvalue weighted by atomic mass is 10.0. The molecule has 1 saturated heterocycles. The second-order valence-electron chi connectivity index (χ2n) is 7.33. The van der Waals surface area contributed by atoms with Crippen LogP contribution in [0.5, 0.6) is 0 Å². The summed E-state index contributed by atoms with van der Waals surface area (Å²) in [6.07, 6.45) is 7.49. The van der Waals surface area contributed by atoms with Crippen LogP contribution in [0.3, 0.4) is 0 Å². The highest BCUT2D eigenvalue weighted by atomic mass is 32.2. The molecule has 0 aliphatic carbocycles. The van der Waals surface area contributed by atoms with Gasteiger partial charge in [0.05, 0.1) is 6.26 Å². The number of rotatable bonds is 4. The van der Waals surface area contributed by atoms with Crippen molar-refractivity contribution in [1.29, 1.82) is 0 Å². The molecular weight excluding hydrogens is 395 g/mol. The maximum atomic E-state index is 14.1. The number of allylic oxidation sites excluding steroid dienone is 1. The average molecular weight is 418 g/mol. The molecule has 0 spiro atoms. The van der Waals surface area contributed by atoms with Crippen LogP contribution in [0.25, 0.3) is 10.9 Å². The van der Waals surface area contributed by atoms with E-state index in [-0.39, 0.29) is 11.6 Å². The molecule has 4 rings (SSSR count). The van der Waals surface area contributed by atoms with Crippen LogP contribution >= 0.6 is 0 Å². The van der Waals surface area contributed by atoms with Crippen LogP contribution < -0.4 is 16.4 Å². The van der Waals surface area contributed by atoms with E-state index in [1.54, 1.807) is 30.5 Å². The fourth-order valence-electron chi connectivity index (χ4n) is 3.75. The number of aliphatic imine (C=N–C) groups is 1. The van der Waals surface area contributed by atoms with Gasteiger partial charge in [0.1, 0.15) is 17.2 Å². The van der Waals surface area contributed by atoms with E-state index in [9.17, 15) is 12.8 Å². The number of nitrogens with zero attached hydrogens (tertiary/aromatic N) is 3. The van der Waals surface area contributed by atoms with E-state index in [2.05, 4.69) is 20.6 Å². The van der Waals surface area contributed by atoms with Crippen molar-refractivity contribution in [2.75, 3.05) is 19.3 Å². The van der Waals surface area contributed by atoms with E-state index < -0.39 is 21.6 Å². The maximum Gasteiger partial charge on any atom is 0.211 e. The Kier molecular flexibility index (Phi) is 5.01. The lowest BCUT2D eigenvalue weighted by molar-refractivity contribution is 0.289. The lowest BCUT2D eigenvalue weighted by Crippen LogP contribution is -2.54. The Labute approximate surface area is 168 Å². The number of nitrogens with one attached hydrogen (secondary N) is 2. The largest absolute Gasteiger partial charge is 0.369 e. The van der Waals surface area contributed by atoms with Crippen molar-refractivity contribution in [3.8, 4) is 0 Å². The SMILES string of the molecule is CS(=O)(=O)N1CCC(NC2=CC=NC(N)(c3ccnc4c(F)cccc34)N2)CC1. The van der Waals surface area contributed by atoms with Gasteiger partial charge in [0.25, 0.3) is 0 Å². The first-order valence-electron chi connectivity index (χ1n) is 9.34. The lowest BCUT2D eigenvalue weighted by Gasteiger charge is -2.36. The maximum absolute atomic E-state index is 14.1. The van der Waals surface area contributed by atoms with E-state index in [4.69, 9.17) is 5.73 Å². The predicted molar refractivity (Wildman–Crippen MR) is 110 cm³/mol. The van der Waals surface area contributed by atoms with Gasteiger partial charge in [-0.2, -0.15) is 0 Å². The Morgan fingerprint density at radius 2 is 2.07 bits per heavy atom. The summed E-state index contributed by atoms with van der Waals surface area (Å²) in [5.41, 5.74) is 7.39. The third-order valence-corrected chi connectivity index (χ3v) is 6.56. The minimum atomic E-state index is -3.16. The molecule has 0 saturated carbocycles. The van der Waals surface area contributed by atoms with Crippen molar-refractivity contribution in [1.82, 2.24) is 19.9 Å². The first kappa shape index (κ1) is 19.7. The van der Waals surface area contributed by atoms with Crippen molar-refractivity contribution < 1.29 is 12.8 Å². The molecule has 8 nitrogen and oxygen atoms in total. The summed E-state index contributed by atoms with van der Waals surface area (Å²) in [4.78, 5) is 8.50. The minimum absolute atomic E-state index is 0.106. The summed E-state index contributed by atoms with van der Waals surface area (Å²) in [5, 5.41) is 7.16. The van der Waals surface area contributed by atoms with Crippen LogP contribution in [0.15, 0.2) is 47.4 Å². The number of hydrogen-bond acceptors (Lipinski definition) is 7. The fraction of sp³-hybridized carbons (Fsp3) is 0.368. The number of hydrogen-bond donors (Lipinski definition) is 3. The summed E-state index contributed by atoms with van der Waals surface area (Å²) in [7, 11) is -3.16. The molecule has 3 heterocycles. The summed E-state index contributed by atoms with van der Waals surface area (Å²) in [6.45, 7) is 0.944. The molecule has 1 fully saturated rings. The minimum Gasteiger partial charge on any atom is -0.369 e. The highest BCUT2D eigenvalue weighted by molar-refractivity contribution is 7.88. The van der Waals surface area contributed by atoms with Gasteiger partial charge in [0, 0.05) is 42.5 Å². The first-order chi connectivity index (χ1) is 13.8. The van der Waals surface area contributed by atoms with Gasteiger partial charge in [-0.15, -0.1) is 0 Å². The Morgan fingerprint density at radius 3 is 2.79 bits per heavy atom. The third-order valence-electron chi connectivity index (χ3n) is 5.26. The molecule has 2 aliphatic heterocycles. The quantitative estimate of drug-likeness (QED) is 0.682. The highest BCUT2D eigenvalue weighted by Crippen LogP contribution is 2.28. The third kappa shape index (κ3) is 3.96. The molecule has 154 valence electrons. The summed E-state index contributed by atoms with van der Waals surface area (Å²) in [5.74, 6) is -1.01. The molecule has 2 aromatic rings. The van der Waals surface area contributed by atoms with Gasteiger partial charge in [0.15, 0.2) is 0 Å². The second kappa shape index (κ2) is 7.36. The van der Waals surface area contributed by atoms with Gasteiger partial charge in [-0.05, 0) is 31.1 Å². The van der Waals surface area contributed by atoms with E-state index in [1.807, 2.05) is 0 Å². The number of para-hydroxylation sites is 1. The number of nitrogens with two attached hydrogens (primary N) is 1.